The molecule has 1 saturated heterocycles. The van der Waals surface area contributed by atoms with Gasteiger partial charge in [-0.25, -0.2) is 8.78 Å². The number of anilines is 1. The van der Waals surface area contributed by atoms with Crippen molar-refractivity contribution in [3.05, 3.63) is 11.8 Å². The second-order valence-electron chi connectivity index (χ2n) is 7.30. The van der Waals surface area contributed by atoms with Crippen LogP contribution in [0, 0.1) is 5.41 Å². The Balaban J connectivity index is 1.56. The zero-order valence-electron chi connectivity index (χ0n) is 15.0. The molecule has 1 unspecified atom stereocenters. The quantitative estimate of drug-likeness (QED) is 0.774. The monoisotopic (exact) mass is 370 g/mol. The number of carbonyl (C=O) groups is 2. The minimum atomic E-state index is -2.88. The summed E-state index contributed by atoms with van der Waals surface area (Å²) in [6.07, 6.45) is 2.59. The molecule has 2 N–H and O–H groups in total. The van der Waals surface area contributed by atoms with Gasteiger partial charge in [-0.15, -0.1) is 0 Å². The van der Waals surface area contributed by atoms with Crippen LogP contribution in [0.15, 0.2) is 6.07 Å². The Labute approximate surface area is 150 Å². The Kier molecular flexibility index (Phi) is 5.01. The number of amides is 2. The van der Waals surface area contributed by atoms with E-state index in [4.69, 9.17) is 4.74 Å². The maximum atomic E-state index is 13.5. The maximum Gasteiger partial charge on any atom is 0.314 e. The van der Waals surface area contributed by atoms with Gasteiger partial charge in [-0.1, -0.05) is 0 Å². The lowest BCUT2D eigenvalue weighted by Gasteiger charge is -2.22. The van der Waals surface area contributed by atoms with Crippen molar-refractivity contribution in [2.45, 2.75) is 44.4 Å². The highest BCUT2D eigenvalue weighted by molar-refractivity contribution is 6.39. The number of ether oxygens (including phenoxy) is 1. The van der Waals surface area contributed by atoms with Crippen molar-refractivity contribution in [3.63, 3.8) is 0 Å². The van der Waals surface area contributed by atoms with Crippen LogP contribution >= 0.6 is 0 Å². The summed E-state index contributed by atoms with van der Waals surface area (Å²) in [4.78, 5) is 24.0. The number of hydrogen-bond acceptors (Lipinski definition) is 4. The van der Waals surface area contributed by atoms with Gasteiger partial charge in [-0.3, -0.25) is 14.3 Å². The summed E-state index contributed by atoms with van der Waals surface area (Å²) in [5.41, 5.74) is -0.422. The van der Waals surface area contributed by atoms with Gasteiger partial charge in [-0.2, -0.15) is 5.10 Å². The maximum absolute atomic E-state index is 13.5. The number of halogens is 2. The highest BCUT2D eigenvalue weighted by atomic mass is 19.3. The van der Waals surface area contributed by atoms with E-state index in [9.17, 15) is 18.4 Å². The zero-order chi connectivity index (χ0) is 18.9. The van der Waals surface area contributed by atoms with Crippen LogP contribution in [0.1, 0.15) is 44.2 Å². The molecule has 3 rings (SSSR count). The van der Waals surface area contributed by atoms with Crippen LogP contribution in [0.4, 0.5) is 14.6 Å². The van der Waals surface area contributed by atoms with E-state index in [-0.39, 0.29) is 12.5 Å². The molecule has 7 nitrogen and oxygen atoms in total. The van der Waals surface area contributed by atoms with Gasteiger partial charge in [-0.05, 0) is 32.6 Å². The molecule has 0 spiro atoms. The number of hydrogen-bond donors (Lipinski definition) is 2. The Morgan fingerprint density at radius 1 is 1.42 bits per heavy atom. The molecule has 2 fully saturated rings. The van der Waals surface area contributed by atoms with Gasteiger partial charge in [0.15, 0.2) is 0 Å². The molecule has 1 aliphatic carbocycles. The molecule has 144 valence electrons. The van der Waals surface area contributed by atoms with Gasteiger partial charge in [0, 0.05) is 32.2 Å². The van der Waals surface area contributed by atoms with Crippen LogP contribution in [-0.2, 0) is 21.4 Å². The molecule has 1 saturated carbocycles. The normalized spacial score (nSPS) is 21.9. The fraction of sp³-hybridized carbons (Fsp3) is 0.706. The Bertz CT molecular complexity index is 689. The predicted octanol–water partition coefficient (Wildman–Crippen LogP) is 1.80. The summed E-state index contributed by atoms with van der Waals surface area (Å²) in [7, 11) is 1.66. The molecule has 2 amide bonds. The van der Waals surface area contributed by atoms with Gasteiger partial charge in [0.1, 0.15) is 5.82 Å². The van der Waals surface area contributed by atoms with Crippen LogP contribution in [0.2, 0.25) is 0 Å². The molecule has 1 aromatic heterocycles. The lowest BCUT2D eigenvalue weighted by Crippen LogP contribution is -2.43. The summed E-state index contributed by atoms with van der Waals surface area (Å²) in [5.74, 6) is -4.15. The minimum absolute atomic E-state index is 0.163. The predicted molar refractivity (Wildman–Crippen MR) is 89.9 cm³/mol. The first kappa shape index (κ1) is 18.8. The standard InChI is InChI=1S/C17H24F2N4O3/c1-16(18,19)17(5-6-17)10-20-14(24)15(25)21-13-8-12(22-23(13)2)11-4-3-7-26-9-11/h8,11H,3-7,9-10H2,1-2H3,(H,20,24)(H,21,25). The van der Waals surface area contributed by atoms with Gasteiger partial charge in [0.25, 0.3) is 5.92 Å². The van der Waals surface area contributed by atoms with Crippen molar-refractivity contribution < 1.29 is 23.1 Å². The first-order valence-corrected chi connectivity index (χ1v) is 8.80. The fourth-order valence-corrected chi connectivity index (χ4v) is 3.20. The Morgan fingerprint density at radius 3 is 2.73 bits per heavy atom. The third-order valence-corrected chi connectivity index (χ3v) is 5.30. The zero-order valence-corrected chi connectivity index (χ0v) is 15.0. The molecule has 2 aliphatic rings. The van der Waals surface area contributed by atoms with Gasteiger partial charge in [0.05, 0.1) is 17.7 Å². The third kappa shape index (κ3) is 3.87. The largest absolute Gasteiger partial charge is 0.381 e. The van der Waals surface area contributed by atoms with Crippen LogP contribution in [0.3, 0.4) is 0 Å². The first-order chi connectivity index (χ1) is 12.2. The molecule has 9 heteroatoms. The van der Waals surface area contributed by atoms with Crippen molar-refractivity contribution in [3.8, 4) is 0 Å². The summed E-state index contributed by atoms with van der Waals surface area (Å²) in [6.45, 7) is 1.96. The van der Waals surface area contributed by atoms with Crippen molar-refractivity contribution in [2.24, 2.45) is 12.5 Å². The van der Waals surface area contributed by atoms with Gasteiger partial charge in [0.2, 0.25) is 0 Å². The number of nitrogens with zero attached hydrogens (tertiary/aromatic N) is 2. The number of aromatic nitrogens is 2. The fourth-order valence-electron chi connectivity index (χ4n) is 3.20. The minimum Gasteiger partial charge on any atom is -0.381 e. The second-order valence-corrected chi connectivity index (χ2v) is 7.30. The SMILES string of the molecule is Cn1nc(C2CCCOC2)cc1NC(=O)C(=O)NCC1(C(C)(F)F)CC1. The molecule has 2 heterocycles. The van der Waals surface area contributed by atoms with E-state index in [1.807, 2.05) is 0 Å². The highest BCUT2D eigenvalue weighted by Gasteiger charge is 2.58. The Morgan fingerprint density at radius 2 is 2.15 bits per heavy atom. The molecule has 0 aromatic carbocycles. The topological polar surface area (TPSA) is 85.2 Å². The highest BCUT2D eigenvalue weighted by Crippen LogP contribution is 2.56. The van der Waals surface area contributed by atoms with Crippen LogP contribution in [-0.4, -0.2) is 47.3 Å². The lowest BCUT2D eigenvalue weighted by molar-refractivity contribution is -0.137. The van der Waals surface area contributed by atoms with Crippen LogP contribution in [0.5, 0.6) is 0 Å². The number of alkyl halides is 2. The van der Waals surface area contributed by atoms with E-state index in [0.717, 1.165) is 32.1 Å². The second kappa shape index (κ2) is 6.94. The third-order valence-electron chi connectivity index (χ3n) is 5.30. The van der Waals surface area contributed by atoms with Crippen molar-refractivity contribution in [2.75, 3.05) is 25.1 Å². The average Bonchev–Trinajstić information content (AvgIpc) is 3.32. The smallest absolute Gasteiger partial charge is 0.314 e. The van der Waals surface area contributed by atoms with Crippen molar-refractivity contribution in [1.29, 1.82) is 0 Å². The van der Waals surface area contributed by atoms with E-state index < -0.39 is 23.2 Å². The van der Waals surface area contributed by atoms with Crippen molar-refractivity contribution >= 4 is 17.6 Å². The molecule has 1 atom stereocenters. The molecule has 1 aliphatic heterocycles. The van der Waals surface area contributed by atoms with E-state index in [1.165, 1.54) is 4.68 Å². The summed E-state index contributed by atoms with van der Waals surface area (Å²) in [5, 5.41) is 9.17. The van der Waals surface area contributed by atoms with Gasteiger partial charge < -0.3 is 15.4 Å². The van der Waals surface area contributed by atoms with E-state index in [0.29, 0.717) is 25.3 Å². The molecule has 1 aromatic rings. The van der Waals surface area contributed by atoms with E-state index in [2.05, 4.69) is 15.7 Å². The summed E-state index contributed by atoms with van der Waals surface area (Å²) < 4.78 is 34.0. The Hall–Kier alpha value is -2.03. The molecular formula is C17H24F2N4O3. The van der Waals surface area contributed by atoms with Crippen molar-refractivity contribution in [1.82, 2.24) is 15.1 Å². The summed E-state index contributed by atoms with van der Waals surface area (Å²) in [6, 6.07) is 1.72. The number of carbonyl (C=O) groups excluding carboxylic acids is 2. The molecule has 26 heavy (non-hydrogen) atoms. The van der Waals surface area contributed by atoms with Crippen LogP contribution in [0.25, 0.3) is 0 Å². The molecule has 0 radical (unpaired) electrons. The number of nitrogens with one attached hydrogen (secondary N) is 2. The average molecular weight is 370 g/mol. The molecule has 0 bridgehead atoms. The van der Waals surface area contributed by atoms with Crippen LogP contribution < -0.4 is 10.6 Å². The number of aryl methyl sites for hydroxylation is 1. The van der Waals surface area contributed by atoms with Gasteiger partial charge >= 0.3 is 11.8 Å². The molecular weight excluding hydrogens is 346 g/mol. The first-order valence-electron chi connectivity index (χ1n) is 8.80. The number of rotatable bonds is 5. The summed E-state index contributed by atoms with van der Waals surface area (Å²) >= 11 is 0. The lowest BCUT2D eigenvalue weighted by atomic mass is 9.99. The van der Waals surface area contributed by atoms with E-state index >= 15 is 0 Å². The van der Waals surface area contributed by atoms with E-state index in [1.54, 1.807) is 13.1 Å².